The summed E-state index contributed by atoms with van der Waals surface area (Å²) in [7, 11) is 0. The van der Waals surface area contributed by atoms with Crippen molar-refractivity contribution in [3.63, 3.8) is 0 Å². The lowest BCUT2D eigenvalue weighted by atomic mass is 10.1. The van der Waals surface area contributed by atoms with Crippen molar-refractivity contribution >= 4 is 33.5 Å². The third kappa shape index (κ3) is 3.70. The Bertz CT molecular complexity index is 995. The quantitative estimate of drug-likeness (QED) is 0.637. The lowest BCUT2D eigenvalue weighted by molar-refractivity contribution is -0.255. The number of carboxylic acid groups (broad SMARTS) is 1. The molecule has 0 saturated carbocycles. The number of rotatable bonds is 4. The number of nitrogens with zero attached hydrogens (tertiary/aromatic N) is 2. The minimum atomic E-state index is -1.21. The summed E-state index contributed by atoms with van der Waals surface area (Å²) < 4.78 is 2.79. The van der Waals surface area contributed by atoms with Crippen LogP contribution in [0, 0.1) is 11.3 Å². The minimum absolute atomic E-state index is 0.125. The summed E-state index contributed by atoms with van der Waals surface area (Å²) in [6, 6.07) is 19.9. The van der Waals surface area contributed by atoms with Crippen LogP contribution in [0.5, 0.6) is 0 Å². The molecule has 0 atom stereocenters. The van der Waals surface area contributed by atoms with E-state index in [0.29, 0.717) is 5.57 Å². The van der Waals surface area contributed by atoms with Gasteiger partial charge in [-0.2, -0.15) is 5.26 Å². The van der Waals surface area contributed by atoms with E-state index in [4.69, 9.17) is 0 Å². The maximum Gasteiger partial charge on any atom is 0.0998 e. The molecule has 2 aromatic carbocycles. The zero-order valence-corrected chi connectivity index (χ0v) is 14.6. The van der Waals surface area contributed by atoms with Gasteiger partial charge in [-0.1, -0.05) is 40.2 Å². The third-order valence-corrected chi connectivity index (χ3v) is 4.20. The van der Waals surface area contributed by atoms with Gasteiger partial charge in [-0.15, -0.1) is 0 Å². The van der Waals surface area contributed by atoms with Crippen molar-refractivity contribution in [2.45, 2.75) is 0 Å². The molecule has 0 N–H and O–H groups in total. The number of hydrogen-bond acceptors (Lipinski definition) is 3. The van der Waals surface area contributed by atoms with Gasteiger partial charge in [-0.05, 0) is 53.6 Å². The number of carbonyl (C=O) groups is 1. The van der Waals surface area contributed by atoms with Crippen molar-refractivity contribution in [3.05, 3.63) is 88.2 Å². The van der Waals surface area contributed by atoms with Crippen LogP contribution in [0.4, 0.5) is 0 Å². The largest absolute Gasteiger partial charge is 0.545 e. The summed E-state index contributed by atoms with van der Waals surface area (Å²) in [5.41, 5.74) is 3.09. The number of nitriles is 1. The Hall–Kier alpha value is -3.10. The molecule has 0 spiro atoms. The zero-order chi connectivity index (χ0) is 17.8. The standard InChI is InChI=1S/C20H13BrN2O2/c21-17-4-1-3-15(11-17)16(13-22)12-19-5-2-10-23(19)18-8-6-14(7-9-18)20(24)25/h1-12H,(H,24,25)/p-1/b16-12-. The fraction of sp³-hybridized carbons (Fsp3) is 0. The molecule has 0 fully saturated rings. The molecule has 3 aromatic rings. The Morgan fingerprint density at radius 1 is 1.08 bits per heavy atom. The van der Waals surface area contributed by atoms with E-state index in [1.807, 2.05) is 47.2 Å². The molecule has 0 aliphatic rings. The summed E-state index contributed by atoms with van der Waals surface area (Å²) in [6.45, 7) is 0. The first-order valence-electron chi connectivity index (χ1n) is 7.45. The highest BCUT2D eigenvalue weighted by atomic mass is 79.9. The van der Waals surface area contributed by atoms with Crippen LogP contribution < -0.4 is 5.11 Å². The number of carbonyl (C=O) groups excluding carboxylic acids is 1. The molecule has 5 heteroatoms. The van der Waals surface area contributed by atoms with Crippen LogP contribution >= 0.6 is 15.9 Å². The predicted octanol–water partition coefficient (Wildman–Crippen LogP) is 3.67. The van der Waals surface area contributed by atoms with Gasteiger partial charge < -0.3 is 14.5 Å². The summed E-state index contributed by atoms with van der Waals surface area (Å²) in [5.74, 6) is -1.21. The van der Waals surface area contributed by atoms with Crippen LogP contribution in [0.25, 0.3) is 17.3 Å². The highest BCUT2D eigenvalue weighted by molar-refractivity contribution is 9.10. The molecule has 0 unspecified atom stereocenters. The van der Waals surface area contributed by atoms with Crippen molar-refractivity contribution in [3.8, 4) is 11.8 Å². The summed E-state index contributed by atoms with van der Waals surface area (Å²) in [5, 5.41) is 20.4. The second-order valence-corrected chi connectivity index (χ2v) is 6.23. The molecule has 0 radical (unpaired) electrons. The molecular formula is C20H12BrN2O2-. The van der Waals surface area contributed by atoms with Crippen LogP contribution in [0.2, 0.25) is 0 Å². The van der Waals surface area contributed by atoms with Gasteiger partial charge in [0.05, 0.1) is 17.6 Å². The average Bonchev–Trinajstić information content (AvgIpc) is 3.08. The first kappa shape index (κ1) is 16.7. The van der Waals surface area contributed by atoms with E-state index in [1.165, 1.54) is 12.1 Å². The topological polar surface area (TPSA) is 68.8 Å². The van der Waals surface area contributed by atoms with Crippen LogP contribution in [-0.2, 0) is 0 Å². The molecule has 4 nitrogen and oxygen atoms in total. The summed E-state index contributed by atoms with van der Waals surface area (Å²) in [6.07, 6.45) is 3.66. The number of hydrogen-bond donors (Lipinski definition) is 0. The molecule has 0 aliphatic heterocycles. The molecule has 1 aromatic heterocycles. The lowest BCUT2D eigenvalue weighted by Gasteiger charge is -2.09. The zero-order valence-electron chi connectivity index (χ0n) is 13.0. The third-order valence-electron chi connectivity index (χ3n) is 3.71. The van der Waals surface area contributed by atoms with Crippen LogP contribution in [0.3, 0.4) is 0 Å². The Balaban J connectivity index is 2.01. The summed E-state index contributed by atoms with van der Waals surface area (Å²) in [4.78, 5) is 10.9. The van der Waals surface area contributed by atoms with E-state index in [2.05, 4.69) is 22.0 Å². The van der Waals surface area contributed by atoms with Crippen molar-refractivity contribution in [1.29, 1.82) is 5.26 Å². The van der Waals surface area contributed by atoms with Crippen molar-refractivity contribution < 1.29 is 9.90 Å². The van der Waals surface area contributed by atoms with Gasteiger partial charge in [-0.25, -0.2) is 0 Å². The van der Waals surface area contributed by atoms with Gasteiger partial charge in [0.1, 0.15) is 0 Å². The fourth-order valence-corrected chi connectivity index (χ4v) is 2.89. The van der Waals surface area contributed by atoms with Gasteiger partial charge in [0.25, 0.3) is 0 Å². The van der Waals surface area contributed by atoms with E-state index >= 15 is 0 Å². The summed E-state index contributed by atoms with van der Waals surface area (Å²) >= 11 is 3.41. The van der Waals surface area contributed by atoms with E-state index in [9.17, 15) is 15.2 Å². The van der Waals surface area contributed by atoms with Crippen LogP contribution in [0.15, 0.2) is 71.3 Å². The molecule has 0 saturated heterocycles. The van der Waals surface area contributed by atoms with E-state index in [-0.39, 0.29) is 5.56 Å². The number of aromatic nitrogens is 1. The van der Waals surface area contributed by atoms with Gasteiger partial charge in [-0.3, -0.25) is 0 Å². The molecule has 122 valence electrons. The van der Waals surface area contributed by atoms with Gasteiger partial charge in [0, 0.05) is 22.1 Å². The number of halogens is 1. The van der Waals surface area contributed by atoms with Crippen molar-refractivity contribution in [2.24, 2.45) is 0 Å². The minimum Gasteiger partial charge on any atom is -0.545 e. The number of allylic oxidation sites excluding steroid dienone is 1. The fourth-order valence-electron chi connectivity index (χ4n) is 2.49. The van der Waals surface area contributed by atoms with Crippen molar-refractivity contribution in [2.75, 3.05) is 0 Å². The Morgan fingerprint density at radius 3 is 2.48 bits per heavy atom. The van der Waals surface area contributed by atoms with E-state index in [0.717, 1.165) is 21.4 Å². The second-order valence-electron chi connectivity index (χ2n) is 5.32. The maximum atomic E-state index is 10.9. The molecule has 0 bridgehead atoms. The first-order chi connectivity index (χ1) is 12.1. The second kappa shape index (κ2) is 7.20. The highest BCUT2D eigenvalue weighted by Gasteiger charge is 2.06. The van der Waals surface area contributed by atoms with Crippen LogP contribution in [0.1, 0.15) is 21.6 Å². The SMILES string of the molecule is N#C/C(=C/c1cccn1-c1ccc(C(=O)[O-])cc1)c1cccc(Br)c1. The predicted molar refractivity (Wildman–Crippen MR) is 97.7 cm³/mol. The molecule has 0 aliphatic carbocycles. The molecular weight excluding hydrogens is 380 g/mol. The van der Waals surface area contributed by atoms with Crippen molar-refractivity contribution in [1.82, 2.24) is 4.57 Å². The smallest absolute Gasteiger partial charge is 0.0998 e. The lowest BCUT2D eigenvalue weighted by Crippen LogP contribution is -2.22. The maximum absolute atomic E-state index is 10.9. The Kier molecular flexibility index (Phi) is 4.82. The number of benzene rings is 2. The highest BCUT2D eigenvalue weighted by Crippen LogP contribution is 2.23. The van der Waals surface area contributed by atoms with Gasteiger partial charge in [0.15, 0.2) is 0 Å². The molecule has 25 heavy (non-hydrogen) atoms. The van der Waals surface area contributed by atoms with E-state index in [1.54, 1.807) is 18.2 Å². The number of aromatic carboxylic acids is 1. The normalized spacial score (nSPS) is 11.1. The molecule has 3 rings (SSSR count). The van der Waals surface area contributed by atoms with E-state index < -0.39 is 5.97 Å². The number of carboxylic acids is 1. The van der Waals surface area contributed by atoms with Crippen LogP contribution in [-0.4, -0.2) is 10.5 Å². The molecule has 0 amide bonds. The van der Waals surface area contributed by atoms with Gasteiger partial charge in [0.2, 0.25) is 0 Å². The Morgan fingerprint density at radius 2 is 1.84 bits per heavy atom. The first-order valence-corrected chi connectivity index (χ1v) is 8.24. The monoisotopic (exact) mass is 391 g/mol. The Labute approximate surface area is 153 Å². The average molecular weight is 392 g/mol. The molecule has 1 heterocycles. The van der Waals surface area contributed by atoms with Gasteiger partial charge >= 0.3 is 0 Å².